The van der Waals surface area contributed by atoms with Crippen LogP contribution in [0.5, 0.6) is 0 Å². The smallest absolute Gasteiger partial charge is 0.252 e. The van der Waals surface area contributed by atoms with E-state index in [4.69, 9.17) is 4.52 Å². The van der Waals surface area contributed by atoms with Gasteiger partial charge in [0.15, 0.2) is 0 Å². The summed E-state index contributed by atoms with van der Waals surface area (Å²) in [7, 11) is 0. The van der Waals surface area contributed by atoms with Crippen molar-refractivity contribution in [1.82, 2.24) is 15.5 Å². The van der Waals surface area contributed by atoms with Gasteiger partial charge in [0.05, 0.1) is 5.56 Å². The Hall–Kier alpha value is -3.87. The van der Waals surface area contributed by atoms with Crippen LogP contribution in [0.1, 0.15) is 29.2 Å². The van der Waals surface area contributed by atoms with E-state index in [1.54, 1.807) is 13.0 Å². The highest BCUT2D eigenvalue weighted by atomic mass is 19.1. The van der Waals surface area contributed by atoms with Crippen LogP contribution in [-0.2, 0) is 0 Å². The third kappa shape index (κ3) is 4.10. The molecule has 0 bridgehead atoms. The molecular formula is C23H17F2N3O2. The van der Waals surface area contributed by atoms with E-state index in [9.17, 15) is 13.6 Å². The molecule has 1 N–H and O–H groups in total. The molecule has 4 rings (SSSR count). The average Bonchev–Trinajstić information content (AvgIpc) is 3.25. The predicted octanol–water partition coefficient (Wildman–Crippen LogP) is 5.17. The van der Waals surface area contributed by atoms with Gasteiger partial charge in [-0.3, -0.25) is 4.79 Å². The van der Waals surface area contributed by atoms with Crippen LogP contribution in [0.25, 0.3) is 22.5 Å². The number of nitrogens with one attached hydrogen (secondary N) is 1. The number of aromatic nitrogens is 2. The van der Waals surface area contributed by atoms with Gasteiger partial charge in [0.2, 0.25) is 11.7 Å². The zero-order chi connectivity index (χ0) is 21.1. The summed E-state index contributed by atoms with van der Waals surface area (Å²) in [6, 6.07) is 18.4. The summed E-state index contributed by atoms with van der Waals surface area (Å²) in [5.74, 6) is -0.888. The summed E-state index contributed by atoms with van der Waals surface area (Å²) < 4.78 is 32.2. The fourth-order valence-electron chi connectivity index (χ4n) is 3.04. The van der Waals surface area contributed by atoms with Gasteiger partial charge in [0.25, 0.3) is 5.91 Å². The molecule has 0 spiro atoms. The Labute approximate surface area is 171 Å². The van der Waals surface area contributed by atoms with Crippen LogP contribution < -0.4 is 5.32 Å². The molecule has 3 aromatic carbocycles. The summed E-state index contributed by atoms with van der Waals surface area (Å²) in [4.78, 5) is 17.1. The SMILES string of the molecule is C[C@@H](NC(=O)c1cc(F)ccc1-c1ccccc1)c1nc(-c2ccc(F)cc2)no1. The average molecular weight is 405 g/mol. The van der Waals surface area contributed by atoms with Crippen LogP contribution in [0.4, 0.5) is 8.78 Å². The highest BCUT2D eigenvalue weighted by molar-refractivity contribution is 6.01. The maximum atomic E-state index is 13.9. The van der Waals surface area contributed by atoms with Gasteiger partial charge in [-0.15, -0.1) is 0 Å². The molecule has 0 aliphatic carbocycles. The van der Waals surface area contributed by atoms with E-state index < -0.39 is 17.8 Å². The zero-order valence-electron chi connectivity index (χ0n) is 16.0. The monoisotopic (exact) mass is 405 g/mol. The van der Waals surface area contributed by atoms with Crippen LogP contribution in [0.2, 0.25) is 0 Å². The number of rotatable bonds is 5. The molecule has 5 nitrogen and oxygen atoms in total. The summed E-state index contributed by atoms with van der Waals surface area (Å²) in [6.07, 6.45) is 0. The van der Waals surface area contributed by atoms with E-state index in [-0.39, 0.29) is 23.1 Å². The molecule has 4 aromatic rings. The number of carbonyl (C=O) groups is 1. The summed E-state index contributed by atoms with van der Waals surface area (Å²) >= 11 is 0. The fraction of sp³-hybridized carbons (Fsp3) is 0.0870. The molecule has 0 aliphatic heterocycles. The number of hydrogen-bond acceptors (Lipinski definition) is 4. The van der Waals surface area contributed by atoms with Gasteiger partial charge in [-0.1, -0.05) is 41.6 Å². The first-order valence-electron chi connectivity index (χ1n) is 9.26. The summed E-state index contributed by atoms with van der Waals surface area (Å²) in [5.41, 5.74) is 2.19. The second kappa shape index (κ2) is 8.24. The predicted molar refractivity (Wildman–Crippen MR) is 107 cm³/mol. The standard InChI is InChI=1S/C23H17F2N3O2/c1-14(23-27-21(28-30-23)16-7-9-17(24)10-8-16)26-22(29)20-13-18(25)11-12-19(20)15-5-3-2-4-6-15/h2-14H,1H3,(H,26,29)/t14-/m1/s1. The lowest BCUT2D eigenvalue weighted by Crippen LogP contribution is -2.27. The van der Waals surface area contributed by atoms with Crippen molar-refractivity contribution in [1.29, 1.82) is 0 Å². The Morgan fingerprint density at radius 2 is 1.63 bits per heavy atom. The number of carbonyl (C=O) groups excluding carboxylic acids is 1. The van der Waals surface area contributed by atoms with Crippen molar-refractivity contribution in [2.24, 2.45) is 0 Å². The summed E-state index contributed by atoms with van der Waals surface area (Å²) in [5, 5.41) is 6.64. The van der Waals surface area contributed by atoms with E-state index in [1.807, 2.05) is 30.3 Å². The van der Waals surface area contributed by atoms with Crippen LogP contribution in [0, 0.1) is 11.6 Å². The molecule has 0 radical (unpaired) electrons. The third-order valence-electron chi connectivity index (χ3n) is 4.57. The Morgan fingerprint density at radius 3 is 2.37 bits per heavy atom. The lowest BCUT2D eigenvalue weighted by Gasteiger charge is -2.13. The van der Waals surface area contributed by atoms with Crippen LogP contribution in [0.3, 0.4) is 0 Å². The van der Waals surface area contributed by atoms with E-state index in [2.05, 4.69) is 15.5 Å². The third-order valence-corrected chi connectivity index (χ3v) is 4.57. The minimum Gasteiger partial charge on any atom is -0.340 e. The number of amides is 1. The van der Waals surface area contributed by atoms with Gasteiger partial charge in [-0.2, -0.15) is 4.98 Å². The first-order chi connectivity index (χ1) is 14.5. The van der Waals surface area contributed by atoms with E-state index >= 15 is 0 Å². The second-order valence-corrected chi connectivity index (χ2v) is 6.71. The molecule has 7 heteroatoms. The van der Waals surface area contributed by atoms with Crippen molar-refractivity contribution < 1.29 is 18.1 Å². The first-order valence-corrected chi connectivity index (χ1v) is 9.26. The molecule has 0 saturated carbocycles. The molecule has 1 atom stereocenters. The van der Waals surface area contributed by atoms with Crippen molar-refractivity contribution in [3.8, 4) is 22.5 Å². The van der Waals surface area contributed by atoms with Gasteiger partial charge >= 0.3 is 0 Å². The topological polar surface area (TPSA) is 68.0 Å². The molecule has 0 fully saturated rings. The molecular weight excluding hydrogens is 388 g/mol. The fourth-order valence-corrected chi connectivity index (χ4v) is 3.04. The highest BCUT2D eigenvalue weighted by Crippen LogP contribution is 2.25. The van der Waals surface area contributed by atoms with E-state index in [0.717, 1.165) is 5.56 Å². The van der Waals surface area contributed by atoms with Crippen LogP contribution in [-0.4, -0.2) is 16.0 Å². The molecule has 0 aliphatic rings. The quantitative estimate of drug-likeness (QED) is 0.497. The van der Waals surface area contributed by atoms with Gasteiger partial charge in [-0.25, -0.2) is 8.78 Å². The van der Waals surface area contributed by atoms with Gasteiger partial charge in [0.1, 0.15) is 17.7 Å². The van der Waals surface area contributed by atoms with Crippen molar-refractivity contribution in [3.63, 3.8) is 0 Å². The van der Waals surface area contributed by atoms with E-state index in [1.165, 1.54) is 36.4 Å². The van der Waals surface area contributed by atoms with Crippen LogP contribution >= 0.6 is 0 Å². The minimum atomic E-state index is -0.619. The number of nitrogens with zero attached hydrogens (tertiary/aromatic N) is 2. The number of benzene rings is 3. The zero-order valence-corrected chi connectivity index (χ0v) is 16.0. The lowest BCUT2D eigenvalue weighted by atomic mass is 9.99. The summed E-state index contributed by atoms with van der Waals surface area (Å²) in [6.45, 7) is 1.68. The van der Waals surface area contributed by atoms with Gasteiger partial charge in [0, 0.05) is 5.56 Å². The lowest BCUT2D eigenvalue weighted by molar-refractivity contribution is 0.0932. The highest BCUT2D eigenvalue weighted by Gasteiger charge is 2.21. The Kier molecular flexibility index (Phi) is 5.34. The molecule has 1 aromatic heterocycles. The van der Waals surface area contributed by atoms with Crippen molar-refractivity contribution in [2.75, 3.05) is 0 Å². The maximum Gasteiger partial charge on any atom is 0.252 e. The Bertz CT molecular complexity index is 1170. The Morgan fingerprint density at radius 1 is 0.933 bits per heavy atom. The van der Waals surface area contributed by atoms with E-state index in [0.29, 0.717) is 11.1 Å². The maximum absolute atomic E-state index is 13.9. The second-order valence-electron chi connectivity index (χ2n) is 6.71. The van der Waals surface area contributed by atoms with Gasteiger partial charge < -0.3 is 9.84 Å². The van der Waals surface area contributed by atoms with Gasteiger partial charge in [-0.05, 0) is 54.4 Å². The number of hydrogen-bond donors (Lipinski definition) is 1. The molecule has 1 amide bonds. The van der Waals surface area contributed by atoms with Crippen molar-refractivity contribution >= 4 is 5.91 Å². The van der Waals surface area contributed by atoms with Crippen molar-refractivity contribution in [3.05, 3.63) is 95.9 Å². The molecule has 0 unspecified atom stereocenters. The first kappa shape index (κ1) is 19.4. The molecule has 0 saturated heterocycles. The Balaban J connectivity index is 1.56. The number of halogens is 2. The van der Waals surface area contributed by atoms with Crippen LogP contribution in [0.15, 0.2) is 77.3 Å². The van der Waals surface area contributed by atoms with Crippen molar-refractivity contribution in [2.45, 2.75) is 13.0 Å². The molecule has 150 valence electrons. The normalized spacial score (nSPS) is 11.8. The molecule has 30 heavy (non-hydrogen) atoms. The minimum absolute atomic E-state index is 0.181. The largest absolute Gasteiger partial charge is 0.340 e. The molecule has 1 heterocycles.